The molecule has 1 amide bonds. The molecule has 2 aromatic carbocycles. The number of amides is 1. The second-order valence-corrected chi connectivity index (χ2v) is 8.40. The normalized spacial score (nSPS) is 17.9. The highest BCUT2D eigenvalue weighted by molar-refractivity contribution is 5.88. The van der Waals surface area contributed by atoms with Crippen molar-refractivity contribution in [1.29, 1.82) is 0 Å². The summed E-state index contributed by atoms with van der Waals surface area (Å²) in [5.41, 5.74) is 10.3. The van der Waals surface area contributed by atoms with Crippen molar-refractivity contribution < 1.29 is 40.6 Å². The van der Waals surface area contributed by atoms with E-state index < -0.39 is 29.6 Å². The zero-order chi connectivity index (χ0) is 25.2. The van der Waals surface area contributed by atoms with Gasteiger partial charge in [0, 0.05) is 16.7 Å². The van der Waals surface area contributed by atoms with E-state index in [1.807, 2.05) is 0 Å². The molecule has 2 aliphatic rings. The van der Waals surface area contributed by atoms with Crippen molar-refractivity contribution in [2.75, 3.05) is 0 Å². The van der Waals surface area contributed by atoms with Gasteiger partial charge >= 0.3 is 12.7 Å². The smallest absolute Gasteiger partial charge is 0.405 e. The minimum Gasteiger partial charge on any atom is -0.405 e. The Balaban J connectivity index is 0.000000241. The number of benzene rings is 2. The summed E-state index contributed by atoms with van der Waals surface area (Å²) in [6, 6.07) is 11.7. The van der Waals surface area contributed by atoms with Crippen LogP contribution in [0.25, 0.3) is 0 Å². The maximum absolute atomic E-state index is 12.3. The van der Waals surface area contributed by atoms with Gasteiger partial charge in [-0.1, -0.05) is 42.8 Å². The Kier molecular flexibility index (Phi) is 8.60. The summed E-state index contributed by atoms with van der Waals surface area (Å²) in [6.45, 7) is 0. The van der Waals surface area contributed by atoms with E-state index in [9.17, 15) is 31.1 Å². The fraction of sp³-hybridized carbons (Fsp3) is 0.435. The molecule has 0 atom stereocenters. The van der Waals surface area contributed by atoms with Crippen LogP contribution in [0.15, 0.2) is 48.5 Å². The molecule has 0 bridgehead atoms. The molecule has 0 aliphatic heterocycles. The summed E-state index contributed by atoms with van der Waals surface area (Å²) in [6.07, 6.45) is -5.42. The number of carbonyl (C=O) groups is 1. The number of halogens is 7. The maximum atomic E-state index is 12.3. The first kappa shape index (κ1) is 28.6. The standard InChI is InChI=1S/C12H12F3NO2.C11H12F3NO.ClH/c13-12(14,15)18-9-5-2-1-4-8(9)11(10(16)17)6-3-7-11;12-11(13,14)16-9-5-2-1-4-8(9)10(15)6-3-7-10;/h1-2,4-5H,3,6-7H2,(H2,16,17);1-2,4-5H,3,6-7,15H2;1H. The summed E-state index contributed by atoms with van der Waals surface area (Å²) in [5, 5.41) is 0. The molecule has 4 rings (SSSR count). The molecule has 5 nitrogen and oxygen atoms in total. The monoisotopic (exact) mass is 526 g/mol. The molecule has 0 aromatic heterocycles. The molecule has 2 aromatic rings. The van der Waals surface area contributed by atoms with Gasteiger partial charge in [0.25, 0.3) is 0 Å². The van der Waals surface area contributed by atoms with E-state index in [-0.39, 0.29) is 29.5 Å². The highest BCUT2D eigenvalue weighted by atomic mass is 35.5. The van der Waals surface area contributed by atoms with Gasteiger partial charge in [0.05, 0.1) is 5.41 Å². The van der Waals surface area contributed by atoms with E-state index >= 15 is 0 Å². The van der Waals surface area contributed by atoms with E-state index in [1.54, 1.807) is 18.2 Å². The maximum Gasteiger partial charge on any atom is 0.573 e. The molecule has 2 fully saturated rings. The summed E-state index contributed by atoms with van der Waals surface area (Å²) >= 11 is 0. The number of para-hydroxylation sites is 2. The molecule has 0 spiro atoms. The van der Waals surface area contributed by atoms with Crippen LogP contribution >= 0.6 is 12.4 Å². The highest BCUT2D eigenvalue weighted by Gasteiger charge is 2.47. The minimum absolute atomic E-state index is 0. The molecule has 4 N–H and O–H groups in total. The van der Waals surface area contributed by atoms with Crippen molar-refractivity contribution in [3.8, 4) is 11.5 Å². The third kappa shape index (κ3) is 6.72. The predicted molar refractivity (Wildman–Crippen MR) is 118 cm³/mol. The first-order chi connectivity index (χ1) is 15.8. The molecule has 35 heavy (non-hydrogen) atoms. The number of rotatable bonds is 5. The number of ether oxygens (including phenoxy) is 2. The van der Waals surface area contributed by atoms with Gasteiger partial charge in [-0.3, -0.25) is 4.79 Å². The second-order valence-electron chi connectivity index (χ2n) is 8.40. The van der Waals surface area contributed by atoms with Crippen molar-refractivity contribution in [1.82, 2.24) is 0 Å². The van der Waals surface area contributed by atoms with Gasteiger partial charge in [0.1, 0.15) is 11.5 Å². The van der Waals surface area contributed by atoms with Gasteiger partial charge in [-0.15, -0.1) is 38.7 Å². The molecule has 2 saturated carbocycles. The Morgan fingerprint density at radius 1 is 0.743 bits per heavy atom. The van der Waals surface area contributed by atoms with E-state index in [1.165, 1.54) is 30.3 Å². The topological polar surface area (TPSA) is 87.6 Å². The van der Waals surface area contributed by atoms with Crippen molar-refractivity contribution >= 4 is 18.3 Å². The van der Waals surface area contributed by atoms with E-state index in [0.29, 0.717) is 31.2 Å². The Hall–Kier alpha value is -2.66. The molecular formula is C23H25ClF6N2O3. The summed E-state index contributed by atoms with van der Waals surface area (Å²) in [7, 11) is 0. The van der Waals surface area contributed by atoms with Crippen molar-refractivity contribution in [3.63, 3.8) is 0 Å². The van der Waals surface area contributed by atoms with Crippen LogP contribution in [0.3, 0.4) is 0 Å². The Labute approximate surface area is 204 Å². The Bertz CT molecular complexity index is 1020. The van der Waals surface area contributed by atoms with Crippen LogP contribution < -0.4 is 20.9 Å². The molecule has 12 heteroatoms. The third-order valence-corrected chi connectivity index (χ3v) is 6.20. The number of primary amides is 1. The lowest BCUT2D eigenvalue weighted by molar-refractivity contribution is -0.276. The van der Waals surface area contributed by atoms with Gasteiger partial charge in [-0.25, -0.2) is 0 Å². The molecule has 2 aliphatic carbocycles. The van der Waals surface area contributed by atoms with Crippen LogP contribution in [0.1, 0.15) is 49.7 Å². The lowest BCUT2D eigenvalue weighted by atomic mass is 9.63. The molecule has 194 valence electrons. The quantitative estimate of drug-likeness (QED) is 0.479. The average molecular weight is 527 g/mol. The van der Waals surface area contributed by atoms with E-state index in [4.69, 9.17) is 11.5 Å². The zero-order valence-corrected chi connectivity index (χ0v) is 19.2. The van der Waals surface area contributed by atoms with Gasteiger partial charge in [0.2, 0.25) is 5.91 Å². The average Bonchev–Trinajstić information content (AvgIpc) is 2.65. The van der Waals surface area contributed by atoms with Crippen molar-refractivity contribution in [3.05, 3.63) is 59.7 Å². The van der Waals surface area contributed by atoms with Crippen molar-refractivity contribution in [2.24, 2.45) is 11.5 Å². The number of alkyl halides is 6. The van der Waals surface area contributed by atoms with Gasteiger partial charge in [-0.05, 0) is 44.2 Å². The van der Waals surface area contributed by atoms with Gasteiger partial charge in [-0.2, -0.15) is 0 Å². The van der Waals surface area contributed by atoms with E-state index in [0.717, 1.165) is 12.8 Å². The fourth-order valence-electron chi connectivity index (χ4n) is 4.17. The number of hydrogen-bond acceptors (Lipinski definition) is 4. The molecular weight excluding hydrogens is 502 g/mol. The lowest BCUT2D eigenvalue weighted by Gasteiger charge is -2.40. The lowest BCUT2D eigenvalue weighted by Crippen LogP contribution is -2.47. The van der Waals surface area contributed by atoms with Crippen LogP contribution in [0, 0.1) is 0 Å². The summed E-state index contributed by atoms with van der Waals surface area (Å²) in [5.74, 6) is -1.13. The van der Waals surface area contributed by atoms with Crippen LogP contribution in [0.2, 0.25) is 0 Å². The molecule has 0 radical (unpaired) electrons. The Morgan fingerprint density at radius 2 is 1.14 bits per heavy atom. The van der Waals surface area contributed by atoms with Gasteiger partial charge < -0.3 is 20.9 Å². The predicted octanol–water partition coefficient (Wildman–Crippen LogP) is 5.84. The largest absolute Gasteiger partial charge is 0.573 e. The number of hydrogen-bond donors (Lipinski definition) is 2. The summed E-state index contributed by atoms with van der Waals surface area (Å²) < 4.78 is 81.3. The molecule has 0 saturated heterocycles. The zero-order valence-electron chi connectivity index (χ0n) is 18.4. The molecule has 0 heterocycles. The SMILES string of the molecule is Cl.NC(=O)C1(c2ccccc2OC(F)(F)F)CCC1.NC1(c2ccccc2OC(F)(F)F)CCC1. The second kappa shape index (κ2) is 10.5. The number of nitrogens with two attached hydrogens (primary N) is 2. The fourth-order valence-corrected chi connectivity index (χ4v) is 4.17. The third-order valence-electron chi connectivity index (χ3n) is 6.20. The first-order valence-electron chi connectivity index (χ1n) is 10.6. The number of carbonyl (C=O) groups excluding carboxylic acids is 1. The van der Waals surface area contributed by atoms with E-state index in [2.05, 4.69) is 9.47 Å². The van der Waals surface area contributed by atoms with Crippen LogP contribution in [-0.4, -0.2) is 18.6 Å². The van der Waals surface area contributed by atoms with Gasteiger partial charge in [0.15, 0.2) is 0 Å². The van der Waals surface area contributed by atoms with Crippen LogP contribution in [0.5, 0.6) is 11.5 Å². The molecule has 0 unspecified atom stereocenters. The Morgan fingerprint density at radius 3 is 1.49 bits per heavy atom. The minimum atomic E-state index is -4.78. The highest BCUT2D eigenvalue weighted by Crippen LogP contribution is 2.47. The summed E-state index contributed by atoms with van der Waals surface area (Å²) in [4.78, 5) is 11.5. The first-order valence-corrected chi connectivity index (χ1v) is 10.6. The van der Waals surface area contributed by atoms with Crippen LogP contribution in [-0.2, 0) is 15.7 Å². The van der Waals surface area contributed by atoms with Crippen molar-refractivity contribution in [2.45, 2.75) is 62.2 Å². The van der Waals surface area contributed by atoms with Crippen LogP contribution in [0.4, 0.5) is 26.3 Å².